The van der Waals surface area contributed by atoms with Crippen molar-refractivity contribution in [3.8, 4) is 0 Å². The Morgan fingerprint density at radius 2 is 2.07 bits per heavy atom. The average Bonchev–Trinajstić information content (AvgIpc) is 2.25. The first kappa shape index (κ1) is 11.4. The second-order valence-electron chi connectivity index (χ2n) is 3.38. The summed E-state index contributed by atoms with van der Waals surface area (Å²) in [5.74, 6) is 0. The van der Waals surface area contributed by atoms with E-state index in [0.717, 1.165) is 18.3 Å². The minimum atomic E-state index is 0.807. The van der Waals surface area contributed by atoms with Crippen LogP contribution < -0.4 is 0 Å². The predicted molar refractivity (Wildman–Crippen MR) is 64.7 cm³/mol. The van der Waals surface area contributed by atoms with Gasteiger partial charge in [-0.1, -0.05) is 43.3 Å². The second kappa shape index (κ2) is 5.97. The van der Waals surface area contributed by atoms with Gasteiger partial charge in [0.25, 0.3) is 0 Å². The topological polar surface area (TPSA) is 17.1 Å². The third-order valence-corrected chi connectivity index (χ3v) is 2.23. The molecule has 0 fully saturated rings. The van der Waals surface area contributed by atoms with E-state index in [1.807, 2.05) is 18.2 Å². The fraction of sp³-hybridized carbons (Fsp3) is 0.214. The number of rotatable bonds is 4. The van der Waals surface area contributed by atoms with Gasteiger partial charge in [0.15, 0.2) is 0 Å². The summed E-state index contributed by atoms with van der Waals surface area (Å²) in [7, 11) is 0. The number of aldehydes is 1. The number of carbonyl (C=O) groups excluding carboxylic acids is 1. The summed E-state index contributed by atoms with van der Waals surface area (Å²) in [4.78, 5) is 10.3. The van der Waals surface area contributed by atoms with Crippen LogP contribution in [0.2, 0.25) is 0 Å². The molecule has 1 rings (SSSR count). The first-order valence-electron chi connectivity index (χ1n) is 5.17. The number of hydrogen-bond donors (Lipinski definition) is 0. The second-order valence-corrected chi connectivity index (χ2v) is 3.38. The Bertz CT molecular complexity index is 386. The van der Waals surface area contributed by atoms with Gasteiger partial charge in [-0.25, -0.2) is 0 Å². The smallest absolute Gasteiger partial charge is 0.142 e. The van der Waals surface area contributed by atoms with Crippen LogP contribution in [0.3, 0.4) is 0 Å². The zero-order chi connectivity index (χ0) is 11.1. The Kier molecular flexibility index (Phi) is 4.55. The molecule has 1 aromatic rings. The lowest BCUT2D eigenvalue weighted by molar-refractivity contribution is -0.104. The molecule has 0 N–H and O–H groups in total. The van der Waals surface area contributed by atoms with Crippen LogP contribution in [0.25, 0.3) is 5.57 Å². The Morgan fingerprint density at radius 1 is 1.33 bits per heavy atom. The molecule has 0 unspecified atom stereocenters. The lowest BCUT2D eigenvalue weighted by Gasteiger charge is -2.06. The molecule has 1 heteroatoms. The maximum Gasteiger partial charge on any atom is 0.142 e. The molecule has 0 aliphatic rings. The van der Waals surface area contributed by atoms with Gasteiger partial charge in [0, 0.05) is 0 Å². The van der Waals surface area contributed by atoms with Crippen LogP contribution >= 0.6 is 0 Å². The molecule has 0 amide bonds. The van der Waals surface area contributed by atoms with E-state index < -0.39 is 0 Å². The quantitative estimate of drug-likeness (QED) is 0.412. The third kappa shape index (κ3) is 3.21. The molecule has 1 nitrogen and oxygen atoms in total. The molecule has 0 aromatic heterocycles. The van der Waals surface area contributed by atoms with Crippen molar-refractivity contribution < 1.29 is 4.79 Å². The van der Waals surface area contributed by atoms with Gasteiger partial charge >= 0.3 is 0 Å². The lowest BCUT2D eigenvalue weighted by Crippen LogP contribution is -1.86. The van der Waals surface area contributed by atoms with Gasteiger partial charge in [-0.15, -0.1) is 0 Å². The lowest BCUT2D eigenvalue weighted by atomic mass is 9.99. The summed E-state index contributed by atoms with van der Waals surface area (Å²) in [6, 6.07) is 8.19. The van der Waals surface area contributed by atoms with Crippen LogP contribution in [0, 0.1) is 6.92 Å². The van der Waals surface area contributed by atoms with Crippen molar-refractivity contribution in [1.82, 2.24) is 0 Å². The van der Waals surface area contributed by atoms with Crippen molar-refractivity contribution in [3.63, 3.8) is 0 Å². The van der Waals surface area contributed by atoms with E-state index in [4.69, 9.17) is 0 Å². The van der Waals surface area contributed by atoms with Crippen LogP contribution in [-0.4, -0.2) is 6.29 Å². The van der Waals surface area contributed by atoms with E-state index >= 15 is 0 Å². The van der Waals surface area contributed by atoms with Crippen LogP contribution in [0.5, 0.6) is 0 Å². The highest BCUT2D eigenvalue weighted by Crippen LogP contribution is 2.20. The molecule has 15 heavy (non-hydrogen) atoms. The fourth-order valence-corrected chi connectivity index (χ4v) is 1.53. The molecular formula is C14H16O. The first-order valence-corrected chi connectivity index (χ1v) is 5.17. The van der Waals surface area contributed by atoms with Gasteiger partial charge < -0.3 is 0 Å². The SMILES string of the molecule is CC/C=C(/C=C\C=O)c1ccccc1C. The molecule has 78 valence electrons. The molecule has 0 saturated heterocycles. The average molecular weight is 200 g/mol. The predicted octanol–water partition coefficient (Wildman–Crippen LogP) is 3.54. The van der Waals surface area contributed by atoms with Gasteiger partial charge in [-0.3, -0.25) is 4.79 Å². The molecule has 1 aromatic carbocycles. The normalized spacial score (nSPS) is 12.0. The van der Waals surface area contributed by atoms with E-state index in [9.17, 15) is 4.79 Å². The zero-order valence-electron chi connectivity index (χ0n) is 9.23. The van der Waals surface area contributed by atoms with Crippen LogP contribution in [0.1, 0.15) is 24.5 Å². The Balaban J connectivity index is 3.10. The van der Waals surface area contributed by atoms with Crippen molar-refractivity contribution in [2.24, 2.45) is 0 Å². The minimum Gasteiger partial charge on any atom is -0.299 e. The van der Waals surface area contributed by atoms with Crippen molar-refractivity contribution in [2.75, 3.05) is 0 Å². The van der Waals surface area contributed by atoms with E-state index in [1.165, 1.54) is 17.2 Å². The van der Waals surface area contributed by atoms with Crippen LogP contribution in [0.15, 0.2) is 42.5 Å². The molecule has 0 bridgehead atoms. The largest absolute Gasteiger partial charge is 0.299 e. The summed E-state index contributed by atoms with van der Waals surface area (Å²) >= 11 is 0. The van der Waals surface area contributed by atoms with E-state index in [-0.39, 0.29) is 0 Å². The molecule has 0 saturated carbocycles. The van der Waals surface area contributed by atoms with Crippen molar-refractivity contribution in [2.45, 2.75) is 20.3 Å². The molecule has 0 heterocycles. The molecular weight excluding hydrogens is 184 g/mol. The maximum absolute atomic E-state index is 10.3. The highest BCUT2D eigenvalue weighted by molar-refractivity contribution is 5.80. The molecule has 0 aliphatic heterocycles. The number of aryl methyl sites for hydroxylation is 1. The molecule has 0 radical (unpaired) electrons. The maximum atomic E-state index is 10.3. The Labute approximate surface area is 91.1 Å². The summed E-state index contributed by atoms with van der Waals surface area (Å²) in [5, 5.41) is 0. The molecule has 0 spiro atoms. The highest BCUT2D eigenvalue weighted by Gasteiger charge is 1.99. The van der Waals surface area contributed by atoms with Gasteiger partial charge in [0.1, 0.15) is 6.29 Å². The summed E-state index contributed by atoms with van der Waals surface area (Å²) < 4.78 is 0. The Hall–Kier alpha value is -1.63. The van der Waals surface area contributed by atoms with Crippen molar-refractivity contribution in [3.05, 3.63) is 53.6 Å². The first-order chi connectivity index (χ1) is 7.29. The number of allylic oxidation sites excluding steroid dienone is 4. The van der Waals surface area contributed by atoms with Gasteiger partial charge in [-0.05, 0) is 36.1 Å². The third-order valence-electron chi connectivity index (χ3n) is 2.23. The standard InChI is InChI=1S/C14H16O/c1-3-7-13(9-6-11-15)14-10-5-4-8-12(14)2/h4-11H,3H2,1-2H3/b9-6-,13-7-. The number of benzene rings is 1. The molecule has 0 atom stereocenters. The summed E-state index contributed by atoms with van der Waals surface area (Å²) in [6.07, 6.45) is 7.30. The monoisotopic (exact) mass is 200 g/mol. The number of carbonyl (C=O) groups is 1. The Morgan fingerprint density at radius 3 is 2.67 bits per heavy atom. The fourth-order valence-electron chi connectivity index (χ4n) is 1.53. The minimum absolute atomic E-state index is 0.807. The summed E-state index contributed by atoms with van der Waals surface area (Å²) in [6.45, 7) is 4.17. The van der Waals surface area contributed by atoms with Gasteiger partial charge in [0.05, 0.1) is 0 Å². The highest BCUT2D eigenvalue weighted by atomic mass is 16.1. The van der Waals surface area contributed by atoms with E-state index in [1.54, 1.807) is 0 Å². The van der Waals surface area contributed by atoms with Crippen LogP contribution in [-0.2, 0) is 4.79 Å². The van der Waals surface area contributed by atoms with Crippen LogP contribution in [0.4, 0.5) is 0 Å². The van der Waals surface area contributed by atoms with E-state index in [0.29, 0.717) is 0 Å². The van der Waals surface area contributed by atoms with Crippen molar-refractivity contribution >= 4 is 11.9 Å². The number of hydrogen-bond acceptors (Lipinski definition) is 1. The zero-order valence-corrected chi connectivity index (χ0v) is 9.23. The van der Waals surface area contributed by atoms with Gasteiger partial charge in [0.2, 0.25) is 0 Å². The summed E-state index contributed by atoms with van der Waals surface area (Å²) in [5.41, 5.74) is 3.54. The van der Waals surface area contributed by atoms with Crippen molar-refractivity contribution in [1.29, 1.82) is 0 Å². The molecule has 0 aliphatic carbocycles. The van der Waals surface area contributed by atoms with Gasteiger partial charge in [-0.2, -0.15) is 0 Å². The van der Waals surface area contributed by atoms with E-state index in [2.05, 4.69) is 32.1 Å².